The van der Waals surface area contributed by atoms with Gasteiger partial charge in [-0.1, -0.05) is 13.0 Å². The van der Waals surface area contributed by atoms with Gasteiger partial charge in [-0.25, -0.2) is 0 Å². The molecule has 0 saturated heterocycles. The van der Waals surface area contributed by atoms with E-state index >= 15 is 0 Å². The van der Waals surface area contributed by atoms with Crippen molar-refractivity contribution in [3.8, 4) is 0 Å². The second-order valence-corrected chi connectivity index (χ2v) is 5.81. The summed E-state index contributed by atoms with van der Waals surface area (Å²) >= 11 is 0. The molecule has 0 amide bonds. The molecular weight excluding hydrogens is 248 g/mol. The molecule has 0 aliphatic heterocycles. The summed E-state index contributed by atoms with van der Waals surface area (Å²) in [6, 6.07) is 10.3. The van der Waals surface area contributed by atoms with E-state index in [1.165, 1.54) is 17.5 Å². The van der Waals surface area contributed by atoms with Crippen molar-refractivity contribution < 1.29 is 4.42 Å². The number of rotatable bonds is 4. The summed E-state index contributed by atoms with van der Waals surface area (Å²) in [5, 5.41) is 4.24. The Morgan fingerprint density at radius 2 is 1.90 bits per heavy atom. The number of hydrogen-bond acceptors (Lipinski definition) is 3. The summed E-state index contributed by atoms with van der Waals surface area (Å²) in [6.07, 6.45) is 2.97. The Kier molecular flexibility index (Phi) is 3.35. The molecule has 3 heteroatoms. The van der Waals surface area contributed by atoms with E-state index in [9.17, 15) is 0 Å². The van der Waals surface area contributed by atoms with Crippen LogP contribution in [0.5, 0.6) is 0 Å². The Labute approximate surface area is 119 Å². The van der Waals surface area contributed by atoms with Gasteiger partial charge in [-0.05, 0) is 61.6 Å². The molecule has 0 radical (unpaired) electrons. The minimum atomic E-state index is 0.615. The lowest BCUT2D eigenvalue weighted by Crippen LogP contribution is -1.91. The Morgan fingerprint density at radius 1 is 1.20 bits per heavy atom. The van der Waals surface area contributed by atoms with Gasteiger partial charge in [-0.3, -0.25) is 5.43 Å². The van der Waals surface area contributed by atoms with E-state index < -0.39 is 0 Å². The maximum absolute atomic E-state index is 5.77. The fourth-order valence-corrected chi connectivity index (χ4v) is 2.57. The number of furan rings is 1. The van der Waals surface area contributed by atoms with Gasteiger partial charge in [0.05, 0.1) is 11.9 Å². The molecule has 0 unspecified atom stereocenters. The largest absolute Gasteiger partial charge is 0.460 e. The smallest absolute Gasteiger partial charge is 0.147 e. The van der Waals surface area contributed by atoms with Crippen molar-refractivity contribution in [2.45, 2.75) is 33.1 Å². The van der Waals surface area contributed by atoms with Gasteiger partial charge in [0, 0.05) is 5.92 Å². The number of benzene rings is 1. The third-order valence-corrected chi connectivity index (χ3v) is 3.73. The molecule has 1 aliphatic carbocycles. The number of nitrogens with zero attached hydrogens (tertiary/aromatic N) is 1. The van der Waals surface area contributed by atoms with Crippen LogP contribution in [-0.2, 0) is 0 Å². The van der Waals surface area contributed by atoms with Gasteiger partial charge < -0.3 is 4.42 Å². The first-order valence-corrected chi connectivity index (χ1v) is 7.09. The molecule has 1 aliphatic rings. The van der Waals surface area contributed by atoms with Crippen molar-refractivity contribution in [2.75, 3.05) is 5.43 Å². The first-order valence-electron chi connectivity index (χ1n) is 7.09. The van der Waals surface area contributed by atoms with E-state index in [1.54, 1.807) is 6.21 Å². The number of aryl methyl sites for hydroxylation is 2. The third-order valence-electron chi connectivity index (χ3n) is 3.73. The highest BCUT2D eigenvalue weighted by atomic mass is 16.3. The van der Waals surface area contributed by atoms with Crippen molar-refractivity contribution in [3.63, 3.8) is 0 Å². The molecule has 1 N–H and O–H groups in total. The molecule has 0 spiro atoms. The molecule has 2 aromatic rings. The van der Waals surface area contributed by atoms with Gasteiger partial charge >= 0.3 is 0 Å². The Bertz CT molecular complexity index is 622. The van der Waals surface area contributed by atoms with E-state index in [4.69, 9.17) is 4.42 Å². The second kappa shape index (κ2) is 5.16. The summed E-state index contributed by atoms with van der Waals surface area (Å²) in [6.45, 7) is 6.41. The fourth-order valence-electron chi connectivity index (χ4n) is 2.57. The van der Waals surface area contributed by atoms with E-state index in [2.05, 4.69) is 55.6 Å². The molecule has 1 heterocycles. The second-order valence-electron chi connectivity index (χ2n) is 5.81. The molecule has 1 saturated carbocycles. The lowest BCUT2D eigenvalue weighted by atomic mass is 10.1. The van der Waals surface area contributed by atoms with Crippen LogP contribution < -0.4 is 5.43 Å². The van der Waals surface area contributed by atoms with Crippen LogP contribution >= 0.6 is 0 Å². The van der Waals surface area contributed by atoms with Gasteiger partial charge in [-0.15, -0.1) is 0 Å². The Hall–Kier alpha value is -2.03. The molecule has 3 rings (SSSR count). The third kappa shape index (κ3) is 2.93. The highest BCUT2D eigenvalue weighted by Gasteiger charge is 2.36. The molecule has 2 atom stereocenters. The van der Waals surface area contributed by atoms with Crippen LogP contribution in [0.3, 0.4) is 0 Å². The van der Waals surface area contributed by atoms with Gasteiger partial charge in [-0.2, -0.15) is 5.10 Å². The average Bonchev–Trinajstić information content (AvgIpc) is 2.92. The molecule has 104 valence electrons. The molecular formula is C17H20N2O. The van der Waals surface area contributed by atoms with Crippen LogP contribution in [0, 0.1) is 19.8 Å². The van der Waals surface area contributed by atoms with Crippen LogP contribution in [0.15, 0.2) is 39.9 Å². The van der Waals surface area contributed by atoms with Crippen molar-refractivity contribution in [2.24, 2.45) is 11.0 Å². The predicted octanol–water partition coefficient (Wildman–Crippen LogP) is 4.47. The SMILES string of the molecule is Cc1cc(C)cc(N/N=C\c2ccc([C@H]3C[C@H]3C)o2)c1. The van der Waals surface area contributed by atoms with Crippen LogP contribution in [0.25, 0.3) is 0 Å². The van der Waals surface area contributed by atoms with E-state index in [0.717, 1.165) is 23.1 Å². The molecule has 0 bridgehead atoms. The zero-order valence-corrected chi connectivity index (χ0v) is 12.2. The molecule has 3 nitrogen and oxygen atoms in total. The number of hydrogen-bond donors (Lipinski definition) is 1. The van der Waals surface area contributed by atoms with Gasteiger partial charge in [0.25, 0.3) is 0 Å². The number of hydrazone groups is 1. The van der Waals surface area contributed by atoms with E-state index in [1.807, 2.05) is 6.07 Å². The van der Waals surface area contributed by atoms with Crippen molar-refractivity contribution >= 4 is 11.9 Å². The first-order chi connectivity index (χ1) is 9.61. The fraction of sp³-hybridized carbons (Fsp3) is 0.353. The van der Waals surface area contributed by atoms with Crippen molar-refractivity contribution in [1.29, 1.82) is 0 Å². The Balaban J connectivity index is 1.63. The molecule has 20 heavy (non-hydrogen) atoms. The summed E-state index contributed by atoms with van der Waals surface area (Å²) < 4.78 is 5.77. The van der Waals surface area contributed by atoms with Crippen LogP contribution in [0.2, 0.25) is 0 Å². The standard InChI is InChI=1S/C17H20N2O/c1-11-6-12(2)8-14(7-11)19-18-10-15-4-5-17(20-15)16-9-13(16)3/h4-8,10,13,16,19H,9H2,1-3H3/b18-10-/t13-,16+/m1/s1. The van der Waals surface area contributed by atoms with Crippen LogP contribution in [0.4, 0.5) is 5.69 Å². The Morgan fingerprint density at radius 3 is 2.55 bits per heavy atom. The van der Waals surface area contributed by atoms with Gasteiger partial charge in [0.1, 0.15) is 11.5 Å². The molecule has 1 aromatic heterocycles. The minimum absolute atomic E-state index is 0.615. The van der Waals surface area contributed by atoms with E-state index in [0.29, 0.717) is 5.92 Å². The number of nitrogens with one attached hydrogen (secondary N) is 1. The van der Waals surface area contributed by atoms with Crippen LogP contribution in [0.1, 0.15) is 41.9 Å². The maximum Gasteiger partial charge on any atom is 0.147 e. The monoisotopic (exact) mass is 268 g/mol. The van der Waals surface area contributed by atoms with Crippen molar-refractivity contribution in [3.05, 3.63) is 53.0 Å². The first kappa shape index (κ1) is 13.0. The average molecular weight is 268 g/mol. The normalized spacial score (nSPS) is 21.4. The zero-order valence-electron chi connectivity index (χ0n) is 12.2. The lowest BCUT2D eigenvalue weighted by Gasteiger charge is -2.03. The van der Waals surface area contributed by atoms with Gasteiger partial charge in [0.15, 0.2) is 0 Å². The van der Waals surface area contributed by atoms with Gasteiger partial charge in [0.2, 0.25) is 0 Å². The highest BCUT2D eigenvalue weighted by Crippen LogP contribution is 2.47. The van der Waals surface area contributed by atoms with Crippen molar-refractivity contribution in [1.82, 2.24) is 0 Å². The molecule has 1 fully saturated rings. The lowest BCUT2D eigenvalue weighted by molar-refractivity contribution is 0.500. The number of anilines is 1. The quantitative estimate of drug-likeness (QED) is 0.656. The maximum atomic E-state index is 5.77. The highest BCUT2D eigenvalue weighted by molar-refractivity contribution is 5.76. The minimum Gasteiger partial charge on any atom is -0.460 e. The van der Waals surface area contributed by atoms with E-state index in [-0.39, 0.29) is 0 Å². The van der Waals surface area contributed by atoms with Crippen LogP contribution in [-0.4, -0.2) is 6.21 Å². The molecule has 1 aromatic carbocycles. The summed E-state index contributed by atoms with van der Waals surface area (Å²) in [5.41, 5.74) is 6.50. The summed E-state index contributed by atoms with van der Waals surface area (Å²) in [7, 11) is 0. The predicted molar refractivity (Wildman–Crippen MR) is 82.4 cm³/mol. The summed E-state index contributed by atoms with van der Waals surface area (Å²) in [4.78, 5) is 0. The topological polar surface area (TPSA) is 37.5 Å². The zero-order chi connectivity index (χ0) is 14.1. The summed E-state index contributed by atoms with van der Waals surface area (Å²) in [5.74, 6) is 3.27.